The van der Waals surface area contributed by atoms with Gasteiger partial charge in [0.1, 0.15) is 11.3 Å². The quantitative estimate of drug-likeness (QED) is 0.471. The molecular weight excluding hydrogens is 422 g/mol. The average molecular weight is 441 g/mol. The maximum absolute atomic E-state index is 13.5. The van der Waals surface area contributed by atoms with Crippen molar-refractivity contribution in [3.8, 4) is 5.75 Å². The first-order valence-electron chi connectivity index (χ1n) is 10.4. The predicted molar refractivity (Wildman–Crippen MR) is 122 cm³/mol. The number of carbonyl (C=O) groups is 2. The number of fused-ring (bicyclic) bond motifs is 2. The molecule has 7 nitrogen and oxygen atoms in total. The van der Waals surface area contributed by atoms with Gasteiger partial charge in [-0.15, -0.1) is 0 Å². The van der Waals surface area contributed by atoms with Crippen molar-refractivity contribution in [3.05, 3.63) is 105 Å². The lowest BCUT2D eigenvalue weighted by Crippen LogP contribution is -2.29. The molecule has 164 valence electrons. The number of anilines is 1. The predicted octanol–water partition coefficient (Wildman–Crippen LogP) is 4.43. The van der Waals surface area contributed by atoms with Gasteiger partial charge < -0.3 is 14.3 Å². The van der Waals surface area contributed by atoms with Gasteiger partial charge in [0.2, 0.25) is 5.76 Å². The van der Waals surface area contributed by atoms with Crippen LogP contribution in [0.2, 0.25) is 0 Å². The van der Waals surface area contributed by atoms with Gasteiger partial charge in [0.15, 0.2) is 5.43 Å². The highest BCUT2D eigenvalue weighted by Gasteiger charge is 2.43. The number of aromatic hydroxyl groups is 1. The fourth-order valence-corrected chi connectivity index (χ4v) is 4.17. The highest BCUT2D eigenvalue weighted by Crippen LogP contribution is 2.41. The molecule has 2 heterocycles. The van der Waals surface area contributed by atoms with Crippen molar-refractivity contribution in [2.75, 3.05) is 11.5 Å². The van der Waals surface area contributed by atoms with Crippen LogP contribution in [-0.2, 0) is 4.74 Å². The van der Waals surface area contributed by atoms with E-state index in [9.17, 15) is 19.5 Å². The maximum Gasteiger partial charge on any atom is 0.338 e. The van der Waals surface area contributed by atoms with Crippen LogP contribution >= 0.6 is 0 Å². The largest absolute Gasteiger partial charge is 0.508 e. The van der Waals surface area contributed by atoms with Crippen LogP contribution in [-0.4, -0.2) is 23.6 Å². The van der Waals surface area contributed by atoms with E-state index in [1.165, 1.54) is 17.0 Å². The van der Waals surface area contributed by atoms with Crippen molar-refractivity contribution < 1.29 is 23.8 Å². The summed E-state index contributed by atoms with van der Waals surface area (Å²) in [6.45, 7) is 1.97. The van der Waals surface area contributed by atoms with Gasteiger partial charge in [0, 0.05) is 5.69 Å². The van der Waals surface area contributed by atoms with Crippen molar-refractivity contribution in [3.63, 3.8) is 0 Å². The Hall–Kier alpha value is -4.39. The van der Waals surface area contributed by atoms with E-state index in [0.717, 1.165) is 0 Å². The van der Waals surface area contributed by atoms with Crippen LogP contribution in [0.1, 0.15) is 45.0 Å². The molecule has 0 radical (unpaired) electrons. The number of hydrogen-bond acceptors (Lipinski definition) is 6. The zero-order chi connectivity index (χ0) is 23.1. The van der Waals surface area contributed by atoms with E-state index in [1.54, 1.807) is 67.6 Å². The summed E-state index contributed by atoms with van der Waals surface area (Å²) in [5, 5.41) is 10.4. The molecule has 3 aromatic carbocycles. The molecule has 1 atom stereocenters. The minimum atomic E-state index is -0.811. The highest BCUT2D eigenvalue weighted by atomic mass is 16.5. The van der Waals surface area contributed by atoms with E-state index in [2.05, 4.69) is 0 Å². The van der Waals surface area contributed by atoms with Crippen molar-refractivity contribution in [2.24, 2.45) is 0 Å². The monoisotopic (exact) mass is 441 g/mol. The maximum atomic E-state index is 13.5. The third-order valence-electron chi connectivity index (χ3n) is 5.62. The molecule has 1 N–H and O–H groups in total. The summed E-state index contributed by atoms with van der Waals surface area (Å²) in [6.07, 6.45) is 0. The van der Waals surface area contributed by atoms with Crippen LogP contribution in [0.25, 0.3) is 11.0 Å². The second-order valence-electron chi connectivity index (χ2n) is 7.61. The van der Waals surface area contributed by atoms with Crippen LogP contribution in [0.5, 0.6) is 5.75 Å². The van der Waals surface area contributed by atoms with E-state index >= 15 is 0 Å². The van der Waals surface area contributed by atoms with Crippen LogP contribution < -0.4 is 10.3 Å². The molecule has 5 rings (SSSR count). The topological polar surface area (TPSA) is 97.0 Å². The molecule has 0 saturated heterocycles. The molecule has 4 aromatic rings. The number of benzene rings is 3. The highest BCUT2D eigenvalue weighted by molar-refractivity contribution is 6.10. The van der Waals surface area contributed by atoms with E-state index < -0.39 is 17.9 Å². The second-order valence-corrected chi connectivity index (χ2v) is 7.61. The number of phenols is 1. The first kappa shape index (κ1) is 20.5. The van der Waals surface area contributed by atoms with Gasteiger partial charge in [-0.2, -0.15) is 0 Å². The second kappa shape index (κ2) is 7.94. The van der Waals surface area contributed by atoms with E-state index in [0.29, 0.717) is 27.8 Å². The fourth-order valence-electron chi connectivity index (χ4n) is 4.17. The molecule has 1 aromatic heterocycles. The lowest BCUT2D eigenvalue weighted by Gasteiger charge is -2.25. The Morgan fingerprint density at radius 2 is 1.79 bits per heavy atom. The van der Waals surface area contributed by atoms with Crippen molar-refractivity contribution >= 4 is 28.5 Å². The normalized spacial score (nSPS) is 15.0. The Morgan fingerprint density at radius 3 is 2.52 bits per heavy atom. The number of ether oxygens (including phenoxy) is 1. The summed E-state index contributed by atoms with van der Waals surface area (Å²) in [4.78, 5) is 40.5. The molecule has 0 fully saturated rings. The van der Waals surface area contributed by atoms with Crippen LogP contribution in [0, 0.1) is 0 Å². The first-order valence-corrected chi connectivity index (χ1v) is 10.4. The molecule has 0 saturated carbocycles. The van der Waals surface area contributed by atoms with Crippen LogP contribution in [0.4, 0.5) is 5.69 Å². The Morgan fingerprint density at radius 1 is 1.03 bits per heavy atom. The van der Waals surface area contributed by atoms with Crippen molar-refractivity contribution in [2.45, 2.75) is 13.0 Å². The smallest absolute Gasteiger partial charge is 0.338 e. The minimum absolute atomic E-state index is 0.0104. The molecule has 0 aliphatic carbocycles. The Balaban J connectivity index is 1.70. The molecule has 0 bridgehead atoms. The van der Waals surface area contributed by atoms with E-state index in [4.69, 9.17) is 9.15 Å². The molecular formula is C26H19NO6. The van der Waals surface area contributed by atoms with Crippen LogP contribution in [0.15, 0.2) is 82.0 Å². The zero-order valence-electron chi connectivity index (χ0n) is 17.6. The molecule has 0 spiro atoms. The number of rotatable bonds is 4. The molecule has 7 heteroatoms. The number of nitrogens with zero attached hydrogens (tertiary/aromatic N) is 1. The van der Waals surface area contributed by atoms with Gasteiger partial charge in [-0.05, 0) is 61.0 Å². The number of hydrogen-bond donors (Lipinski definition) is 1. The average Bonchev–Trinajstić information content (AvgIpc) is 3.12. The van der Waals surface area contributed by atoms with E-state index in [-0.39, 0.29) is 29.1 Å². The van der Waals surface area contributed by atoms with Crippen LogP contribution in [0.3, 0.4) is 0 Å². The van der Waals surface area contributed by atoms with Gasteiger partial charge in [0.25, 0.3) is 5.91 Å². The minimum Gasteiger partial charge on any atom is -0.508 e. The number of para-hydroxylation sites is 1. The third-order valence-corrected chi connectivity index (χ3v) is 5.62. The number of amides is 1. The first-order chi connectivity index (χ1) is 16.0. The summed E-state index contributed by atoms with van der Waals surface area (Å²) in [5.74, 6) is -0.976. The lowest BCUT2D eigenvalue weighted by atomic mass is 9.98. The van der Waals surface area contributed by atoms with Gasteiger partial charge >= 0.3 is 5.97 Å². The van der Waals surface area contributed by atoms with Gasteiger partial charge in [0.05, 0.1) is 29.2 Å². The standard InChI is InChI=1S/C26H19NO6/c1-2-32-26(31)15-10-12-17(13-11-15)27-22(16-6-5-7-18(28)14-16)21-23(29)19-8-3-4-9-20(19)33-24(21)25(27)30/h3-14,22,28H,2H2,1H3. The summed E-state index contributed by atoms with van der Waals surface area (Å²) in [7, 11) is 0. The number of carbonyl (C=O) groups excluding carboxylic acids is 2. The number of esters is 1. The zero-order valence-corrected chi connectivity index (χ0v) is 17.6. The summed E-state index contributed by atoms with van der Waals surface area (Å²) in [6, 6.07) is 18.7. The molecule has 1 amide bonds. The van der Waals surface area contributed by atoms with Gasteiger partial charge in [-0.1, -0.05) is 24.3 Å². The Kier molecular flexibility index (Phi) is 4.94. The SMILES string of the molecule is CCOC(=O)c1ccc(N2C(=O)c3oc4ccccc4c(=O)c3C2c2cccc(O)c2)cc1. The third kappa shape index (κ3) is 3.34. The number of phenolic OH excluding ortho intramolecular Hbond substituents is 1. The molecule has 33 heavy (non-hydrogen) atoms. The fraction of sp³-hybridized carbons (Fsp3) is 0.115. The van der Waals surface area contributed by atoms with Crippen molar-refractivity contribution in [1.82, 2.24) is 0 Å². The molecule has 1 aliphatic rings. The van der Waals surface area contributed by atoms with Crippen molar-refractivity contribution in [1.29, 1.82) is 0 Å². The van der Waals surface area contributed by atoms with E-state index in [1.807, 2.05) is 0 Å². The molecule has 1 aliphatic heterocycles. The lowest BCUT2D eigenvalue weighted by molar-refractivity contribution is 0.0526. The van der Waals surface area contributed by atoms with Gasteiger partial charge in [-0.25, -0.2) is 4.79 Å². The van der Waals surface area contributed by atoms with Gasteiger partial charge in [-0.3, -0.25) is 14.5 Å². The summed E-state index contributed by atoms with van der Waals surface area (Å²) >= 11 is 0. The summed E-state index contributed by atoms with van der Waals surface area (Å²) in [5.41, 5.74) is 1.59. The Bertz CT molecular complexity index is 1450. The molecule has 1 unspecified atom stereocenters. The Labute approximate surface area is 188 Å². The summed E-state index contributed by atoms with van der Waals surface area (Å²) < 4.78 is 10.9.